The Balaban J connectivity index is 1.20. The molecule has 10 nitrogen and oxygen atoms in total. The fourth-order valence-corrected chi connectivity index (χ4v) is 9.03. The van der Waals surface area contributed by atoms with Crippen LogP contribution in [0.4, 0.5) is 14.6 Å². The van der Waals surface area contributed by atoms with Crippen molar-refractivity contribution >= 4 is 27.5 Å². The predicted octanol–water partition coefficient (Wildman–Crippen LogP) is 4.54. The van der Waals surface area contributed by atoms with Crippen molar-refractivity contribution in [2.45, 2.75) is 61.7 Å². The van der Waals surface area contributed by atoms with Gasteiger partial charge in [-0.25, -0.2) is 8.78 Å². The molecule has 254 valence electrons. The zero-order valence-corrected chi connectivity index (χ0v) is 27.2. The molecular formula is C37H38F2N6O4. The highest BCUT2D eigenvalue weighted by atomic mass is 19.1. The maximum absolute atomic E-state index is 17.0. The molecule has 7 bridgehead atoms. The molecule has 7 heterocycles. The van der Waals surface area contributed by atoms with Crippen molar-refractivity contribution in [3.05, 3.63) is 47.7 Å². The van der Waals surface area contributed by atoms with Crippen LogP contribution < -0.4 is 15.0 Å². The standard InChI is InChI=1S/C37H38F2N6O4/c1-2-26-29(38)6-5-22-13-24(46)14-27(30(22)26)32-31(39)33-28(16-40-32)34-42-35(41-33)49-21-37-8-3-10-45(37)18-25(15-37)48-12-4-11-47-20-36-9-7-23(43-36)17-44(34)19-36/h1,5-6,13-14,16,23,25,43,46H,3-4,7-12,15,17-21H2. The lowest BCUT2D eigenvalue weighted by Gasteiger charge is -2.42. The van der Waals surface area contributed by atoms with Crippen LogP contribution in [0.25, 0.3) is 32.9 Å². The number of nitrogens with zero attached hydrogens (tertiary/aromatic N) is 5. The van der Waals surface area contributed by atoms with Gasteiger partial charge in [0.1, 0.15) is 35.2 Å². The molecule has 0 saturated carbocycles. The maximum atomic E-state index is 17.0. The Morgan fingerprint density at radius 2 is 2.00 bits per heavy atom. The number of aromatic nitrogens is 3. The van der Waals surface area contributed by atoms with Crippen molar-refractivity contribution in [2.75, 3.05) is 57.5 Å². The summed E-state index contributed by atoms with van der Waals surface area (Å²) >= 11 is 0. The van der Waals surface area contributed by atoms with Crippen molar-refractivity contribution in [1.29, 1.82) is 0 Å². The van der Waals surface area contributed by atoms with Crippen LogP contribution in [0.1, 0.15) is 44.1 Å². The number of phenolic OH excluding ortho intramolecular Hbond substituents is 1. The minimum Gasteiger partial charge on any atom is -0.508 e. The molecule has 4 fully saturated rings. The van der Waals surface area contributed by atoms with Gasteiger partial charge in [-0.05, 0) is 68.7 Å². The third-order valence-electron chi connectivity index (χ3n) is 11.2. The van der Waals surface area contributed by atoms with Crippen LogP contribution in [0.5, 0.6) is 11.8 Å². The van der Waals surface area contributed by atoms with Crippen molar-refractivity contribution in [3.8, 4) is 35.4 Å². The van der Waals surface area contributed by atoms with E-state index in [0.717, 1.165) is 51.6 Å². The smallest absolute Gasteiger partial charge is 0.319 e. The second-order valence-electron chi connectivity index (χ2n) is 14.4. The van der Waals surface area contributed by atoms with E-state index in [4.69, 9.17) is 25.6 Å². The van der Waals surface area contributed by atoms with Gasteiger partial charge in [0.05, 0.1) is 34.7 Å². The average Bonchev–Trinajstić information content (AvgIpc) is 3.74. The SMILES string of the molecule is C#Cc1c(F)ccc2cc(O)cc(-c3ncc4c5nc(nc4c3F)OCC34CCCN3CC(C4)OCCCOCC34CCC(CN5C3)N4)c12. The number of phenols is 1. The van der Waals surface area contributed by atoms with Gasteiger partial charge in [0.15, 0.2) is 5.82 Å². The molecule has 4 saturated heterocycles. The van der Waals surface area contributed by atoms with Crippen LogP contribution in [0.2, 0.25) is 0 Å². The second-order valence-corrected chi connectivity index (χ2v) is 14.4. The minimum absolute atomic E-state index is 0.0302. The number of pyridine rings is 1. The summed E-state index contributed by atoms with van der Waals surface area (Å²) in [5.41, 5.74) is -0.421. The Morgan fingerprint density at radius 1 is 1.08 bits per heavy atom. The summed E-state index contributed by atoms with van der Waals surface area (Å²) in [7, 11) is 0. The van der Waals surface area contributed by atoms with Gasteiger partial charge in [-0.15, -0.1) is 6.42 Å². The summed E-state index contributed by atoms with van der Waals surface area (Å²) in [6.07, 6.45) is 13.1. The molecule has 5 aliphatic heterocycles. The Morgan fingerprint density at radius 3 is 2.90 bits per heavy atom. The normalized spacial score (nSPS) is 28.7. The lowest BCUT2D eigenvalue weighted by atomic mass is 9.94. The molecular weight excluding hydrogens is 630 g/mol. The molecule has 2 aromatic heterocycles. The molecule has 4 aromatic rings. The fourth-order valence-electron chi connectivity index (χ4n) is 9.03. The van der Waals surface area contributed by atoms with Crippen LogP contribution in [-0.4, -0.2) is 101 Å². The lowest BCUT2D eigenvalue weighted by Crippen LogP contribution is -2.62. The number of hydrogen-bond acceptors (Lipinski definition) is 10. The van der Waals surface area contributed by atoms with E-state index in [-0.39, 0.29) is 62.7 Å². The van der Waals surface area contributed by atoms with Crippen molar-refractivity contribution < 1.29 is 28.1 Å². The largest absolute Gasteiger partial charge is 0.508 e. The van der Waals surface area contributed by atoms with Crippen LogP contribution in [0.3, 0.4) is 0 Å². The first-order chi connectivity index (χ1) is 23.8. The van der Waals surface area contributed by atoms with E-state index in [1.165, 1.54) is 24.3 Å². The lowest BCUT2D eigenvalue weighted by molar-refractivity contribution is 0.0239. The molecule has 0 aliphatic carbocycles. The Hall–Kier alpha value is -4.15. The van der Waals surface area contributed by atoms with Gasteiger partial charge in [-0.2, -0.15) is 9.97 Å². The molecule has 0 radical (unpaired) electrons. The summed E-state index contributed by atoms with van der Waals surface area (Å²) in [4.78, 5) is 18.8. The number of fused-ring (bicyclic) bond motifs is 9. The van der Waals surface area contributed by atoms with E-state index in [1.807, 2.05) is 0 Å². The van der Waals surface area contributed by atoms with E-state index in [1.54, 1.807) is 6.20 Å². The average molecular weight is 669 g/mol. The fraction of sp³-hybridized carbons (Fsp3) is 0.486. The van der Waals surface area contributed by atoms with Crippen LogP contribution in [0.15, 0.2) is 30.5 Å². The molecule has 2 N–H and O–H groups in total. The second kappa shape index (κ2) is 11.7. The zero-order valence-electron chi connectivity index (χ0n) is 27.2. The molecule has 5 aliphatic rings. The number of anilines is 1. The van der Waals surface area contributed by atoms with Gasteiger partial charge in [-0.1, -0.05) is 12.0 Å². The summed E-state index contributed by atoms with van der Waals surface area (Å²) in [5, 5.41) is 15.6. The number of ether oxygens (including phenoxy) is 3. The number of terminal acetylenes is 1. The van der Waals surface area contributed by atoms with Gasteiger partial charge < -0.3 is 29.5 Å². The van der Waals surface area contributed by atoms with E-state index >= 15 is 4.39 Å². The predicted molar refractivity (Wildman–Crippen MR) is 180 cm³/mol. The Bertz CT molecular complexity index is 2020. The quantitative estimate of drug-likeness (QED) is 0.281. The first kappa shape index (κ1) is 30.9. The Kier molecular flexibility index (Phi) is 7.39. The highest BCUT2D eigenvalue weighted by molar-refractivity contribution is 6.03. The third-order valence-corrected chi connectivity index (χ3v) is 11.2. The minimum atomic E-state index is -0.734. The summed E-state index contributed by atoms with van der Waals surface area (Å²) in [6.45, 7) is 5.27. The van der Waals surface area contributed by atoms with Crippen molar-refractivity contribution in [2.24, 2.45) is 0 Å². The van der Waals surface area contributed by atoms with E-state index in [9.17, 15) is 9.50 Å². The molecule has 9 rings (SSSR count). The highest BCUT2D eigenvalue weighted by Gasteiger charge is 2.50. The molecule has 49 heavy (non-hydrogen) atoms. The topological polar surface area (TPSA) is 105 Å². The highest BCUT2D eigenvalue weighted by Crippen LogP contribution is 2.43. The van der Waals surface area contributed by atoms with Gasteiger partial charge in [0.2, 0.25) is 0 Å². The number of rotatable bonds is 1. The van der Waals surface area contributed by atoms with Crippen LogP contribution in [0, 0.1) is 24.0 Å². The summed E-state index contributed by atoms with van der Waals surface area (Å²) < 4.78 is 51.0. The van der Waals surface area contributed by atoms with Gasteiger partial charge >= 0.3 is 6.01 Å². The summed E-state index contributed by atoms with van der Waals surface area (Å²) in [6, 6.07) is 5.86. The molecule has 2 aromatic carbocycles. The number of halogens is 2. The van der Waals surface area contributed by atoms with Crippen LogP contribution >= 0.6 is 0 Å². The van der Waals surface area contributed by atoms with Crippen molar-refractivity contribution in [1.82, 2.24) is 25.2 Å². The summed E-state index contributed by atoms with van der Waals surface area (Å²) in [5.74, 6) is 1.47. The molecule has 2 spiro atoms. The number of piperazine rings is 1. The molecule has 4 unspecified atom stereocenters. The van der Waals surface area contributed by atoms with Crippen molar-refractivity contribution in [3.63, 3.8) is 0 Å². The molecule has 12 heteroatoms. The number of aromatic hydroxyl groups is 1. The maximum Gasteiger partial charge on any atom is 0.319 e. The van der Waals surface area contributed by atoms with E-state index in [0.29, 0.717) is 56.1 Å². The molecule has 4 atom stereocenters. The van der Waals surface area contributed by atoms with E-state index < -0.39 is 11.6 Å². The van der Waals surface area contributed by atoms with Crippen LogP contribution in [-0.2, 0) is 9.47 Å². The van der Waals surface area contributed by atoms with Gasteiger partial charge in [-0.3, -0.25) is 9.88 Å². The number of nitrogens with one attached hydrogen (secondary N) is 1. The van der Waals surface area contributed by atoms with Gasteiger partial charge in [0, 0.05) is 56.0 Å². The number of benzene rings is 2. The van der Waals surface area contributed by atoms with Gasteiger partial charge in [0.25, 0.3) is 0 Å². The molecule has 0 amide bonds. The first-order valence-electron chi connectivity index (χ1n) is 17.2. The number of hydrogen-bond donors (Lipinski definition) is 2. The first-order valence-corrected chi connectivity index (χ1v) is 17.2. The monoisotopic (exact) mass is 668 g/mol. The zero-order chi connectivity index (χ0) is 33.3. The Labute approximate surface area is 282 Å². The van der Waals surface area contributed by atoms with E-state index in [2.05, 4.69) is 31.0 Å². The third kappa shape index (κ3) is 5.17.